The van der Waals surface area contributed by atoms with Crippen LogP contribution in [0.5, 0.6) is 0 Å². The maximum absolute atomic E-state index is 10.9. The average molecular weight is 234 g/mol. The van der Waals surface area contributed by atoms with Gasteiger partial charge in [0.15, 0.2) is 0 Å². The lowest BCUT2D eigenvalue weighted by atomic mass is 9.61. The lowest BCUT2D eigenvalue weighted by Gasteiger charge is -2.48. The molecule has 3 aliphatic carbocycles. The molecule has 0 heterocycles. The predicted octanol–water partition coefficient (Wildman–Crippen LogP) is 2.56. The summed E-state index contributed by atoms with van der Waals surface area (Å²) in [7, 11) is 0. The first-order valence-corrected chi connectivity index (χ1v) is 6.88. The number of aliphatic hydroxyl groups excluding tert-OH is 1. The summed E-state index contributed by atoms with van der Waals surface area (Å²) in [6, 6.07) is 0. The first kappa shape index (κ1) is 11.5. The topological polar surface area (TPSA) is 40.5 Å². The zero-order valence-electron chi connectivity index (χ0n) is 10.5. The smallest absolute Gasteiger partial charge is 0.0722 e. The second kappa shape index (κ2) is 3.96. The first-order valence-electron chi connectivity index (χ1n) is 6.88. The monoisotopic (exact) mass is 234 g/mol. The Morgan fingerprint density at radius 2 is 2.18 bits per heavy atom. The molecule has 1 saturated carbocycles. The summed E-state index contributed by atoms with van der Waals surface area (Å²) in [6.45, 7) is 2.15. The lowest BCUT2D eigenvalue weighted by molar-refractivity contribution is -0.0926. The minimum Gasteiger partial charge on any atom is -0.392 e. The second-order valence-electron chi connectivity index (χ2n) is 6.14. The van der Waals surface area contributed by atoms with Crippen molar-refractivity contribution in [2.24, 2.45) is 11.8 Å². The maximum atomic E-state index is 10.9. The van der Waals surface area contributed by atoms with Gasteiger partial charge in [-0.1, -0.05) is 24.1 Å². The zero-order valence-corrected chi connectivity index (χ0v) is 10.5. The van der Waals surface area contributed by atoms with E-state index >= 15 is 0 Å². The molecule has 3 aliphatic rings. The second-order valence-corrected chi connectivity index (χ2v) is 6.14. The summed E-state index contributed by atoms with van der Waals surface area (Å²) in [4.78, 5) is 0. The van der Waals surface area contributed by atoms with Crippen molar-refractivity contribution >= 4 is 0 Å². The van der Waals surface area contributed by atoms with Crippen molar-refractivity contribution in [3.05, 3.63) is 23.3 Å². The molecule has 0 radical (unpaired) electrons. The van der Waals surface area contributed by atoms with Crippen LogP contribution in [0.15, 0.2) is 23.3 Å². The summed E-state index contributed by atoms with van der Waals surface area (Å²) in [5.74, 6) is 0.452. The van der Waals surface area contributed by atoms with Gasteiger partial charge in [-0.3, -0.25) is 0 Å². The minimum atomic E-state index is -0.565. The minimum absolute atomic E-state index is 0.178. The number of hydrogen-bond donors (Lipinski definition) is 2. The first-order chi connectivity index (χ1) is 8.10. The van der Waals surface area contributed by atoms with Crippen molar-refractivity contribution in [2.45, 2.75) is 57.2 Å². The van der Waals surface area contributed by atoms with E-state index in [0.717, 1.165) is 38.5 Å². The van der Waals surface area contributed by atoms with Gasteiger partial charge in [-0.25, -0.2) is 0 Å². The van der Waals surface area contributed by atoms with Gasteiger partial charge in [-0.2, -0.15) is 0 Å². The van der Waals surface area contributed by atoms with Gasteiger partial charge in [-0.05, 0) is 50.5 Å². The fourth-order valence-corrected chi connectivity index (χ4v) is 4.09. The molecule has 94 valence electrons. The molecule has 0 unspecified atom stereocenters. The molecular weight excluding hydrogens is 212 g/mol. The Balaban J connectivity index is 2.06. The summed E-state index contributed by atoms with van der Waals surface area (Å²) >= 11 is 0. The van der Waals surface area contributed by atoms with Crippen LogP contribution in [-0.4, -0.2) is 21.9 Å². The molecule has 0 bridgehead atoms. The molecule has 1 fully saturated rings. The Bertz CT molecular complexity index is 382. The highest BCUT2D eigenvalue weighted by atomic mass is 16.3. The number of allylic oxidation sites excluding steroid dienone is 2. The highest BCUT2D eigenvalue weighted by molar-refractivity contribution is 5.34. The maximum Gasteiger partial charge on any atom is 0.0722 e. The Labute approximate surface area is 103 Å². The summed E-state index contributed by atoms with van der Waals surface area (Å²) in [6.07, 6.45) is 9.80. The molecule has 2 heteroatoms. The van der Waals surface area contributed by atoms with Gasteiger partial charge in [0.1, 0.15) is 0 Å². The van der Waals surface area contributed by atoms with E-state index in [2.05, 4.69) is 19.1 Å². The van der Waals surface area contributed by atoms with Crippen molar-refractivity contribution < 1.29 is 10.2 Å². The van der Waals surface area contributed by atoms with E-state index in [4.69, 9.17) is 0 Å². The van der Waals surface area contributed by atoms with E-state index in [0.29, 0.717) is 0 Å². The lowest BCUT2D eigenvalue weighted by Crippen LogP contribution is -2.50. The van der Waals surface area contributed by atoms with Gasteiger partial charge in [0.05, 0.1) is 11.7 Å². The van der Waals surface area contributed by atoms with Crippen LogP contribution in [0.3, 0.4) is 0 Å². The van der Waals surface area contributed by atoms with E-state index in [1.54, 1.807) is 0 Å². The molecule has 3 rings (SSSR count). The highest BCUT2D eigenvalue weighted by Gasteiger charge is 2.49. The van der Waals surface area contributed by atoms with Gasteiger partial charge >= 0.3 is 0 Å². The van der Waals surface area contributed by atoms with Crippen LogP contribution in [0.25, 0.3) is 0 Å². The van der Waals surface area contributed by atoms with Crippen LogP contribution >= 0.6 is 0 Å². The van der Waals surface area contributed by atoms with E-state index in [1.807, 2.05) is 0 Å². The summed E-state index contributed by atoms with van der Waals surface area (Å²) in [5.41, 5.74) is 2.09. The highest BCUT2D eigenvalue weighted by Crippen LogP contribution is 2.50. The van der Waals surface area contributed by atoms with Gasteiger partial charge in [0.2, 0.25) is 0 Å². The van der Waals surface area contributed by atoms with Gasteiger partial charge in [0.25, 0.3) is 0 Å². The zero-order chi connectivity index (χ0) is 12.0. The molecular formula is C15H22O2. The molecule has 0 amide bonds. The fourth-order valence-electron chi connectivity index (χ4n) is 4.09. The third kappa shape index (κ3) is 1.78. The van der Waals surface area contributed by atoms with Crippen LogP contribution in [0.4, 0.5) is 0 Å². The largest absolute Gasteiger partial charge is 0.392 e. The normalized spacial score (nSPS) is 45.5. The molecule has 0 aromatic carbocycles. The summed E-state index contributed by atoms with van der Waals surface area (Å²) in [5, 5.41) is 21.1. The Kier molecular flexibility index (Phi) is 2.68. The van der Waals surface area contributed by atoms with Gasteiger partial charge in [0, 0.05) is 5.92 Å². The van der Waals surface area contributed by atoms with Crippen LogP contribution in [0.1, 0.15) is 45.4 Å². The average Bonchev–Trinajstić information content (AvgIpc) is 2.43. The van der Waals surface area contributed by atoms with Crippen molar-refractivity contribution in [1.82, 2.24) is 0 Å². The van der Waals surface area contributed by atoms with Crippen molar-refractivity contribution in [3.8, 4) is 0 Å². The quantitative estimate of drug-likeness (QED) is 0.676. The molecule has 2 nitrogen and oxygen atoms in total. The molecule has 0 spiro atoms. The molecule has 0 aromatic rings. The molecule has 2 N–H and O–H groups in total. The van der Waals surface area contributed by atoms with E-state index in [-0.39, 0.29) is 17.9 Å². The SMILES string of the molecule is CC1=CC2=CC[C@H](O)[C@@H]3CCC[C@](O)(CC1)[C@@H]23. The Morgan fingerprint density at radius 1 is 1.35 bits per heavy atom. The molecule has 17 heavy (non-hydrogen) atoms. The molecule has 0 aromatic heterocycles. The predicted molar refractivity (Wildman–Crippen MR) is 67.5 cm³/mol. The Morgan fingerprint density at radius 3 is 3.00 bits per heavy atom. The van der Waals surface area contributed by atoms with Crippen LogP contribution in [0, 0.1) is 11.8 Å². The van der Waals surface area contributed by atoms with Crippen molar-refractivity contribution in [1.29, 1.82) is 0 Å². The molecule has 0 aliphatic heterocycles. The fraction of sp³-hybridized carbons (Fsp3) is 0.733. The molecule has 4 atom stereocenters. The number of aliphatic hydroxyl groups is 2. The van der Waals surface area contributed by atoms with Crippen LogP contribution in [-0.2, 0) is 0 Å². The van der Waals surface area contributed by atoms with E-state index < -0.39 is 5.60 Å². The van der Waals surface area contributed by atoms with Crippen molar-refractivity contribution in [3.63, 3.8) is 0 Å². The van der Waals surface area contributed by atoms with E-state index in [1.165, 1.54) is 11.1 Å². The summed E-state index contributed by atoms with van der Waals surface area (Å²) < 4.78 is 0. The molecule has 0 saturated heterocycles. The third-order valence-corrected chi connectivity index (χ3v) is 4.97. The number of hydrogen-bond acceptors (Lipinski definition) is 2. The Hall–Kier alpha value is -0.600. The van der Waals surface area contributed by atoms with Gasteiger partial charge in [-0.15, -0.1) is 0 Å². The van der Waals surface area contributed by atoms with Crippen LogP contribution in [0.2, 0.25) is 0 Å². The van der Waals surface area contributed by atoms with Gasteiger partial charge < -0.3 is 10.2 Å². The van der Waals surface area contributed by atoms with Crippen LogP contribution < -0.4 is 0 Å². The van der Waals surface area contributed by atoms with E-state index in [9.17, 15) is 10.2 Å². The standard InChI is InChI=1S/C15H22O2/c1-10-6-8-15(17)7-2-3-12-13(16)5-4-11(9-10)14(12)15/h4,9,12-14,16-17H,2-3,5-8H2,1H3/t12-,13-,14-,15-/m0/s1. The number of rotatable bonds is 0. The van der Waals surface area contributed by atoms with Crippen molar-refractivity contribution in [2.75, 3.05) is 0 Å². The third-order valence-electron chi connectivity index (χ3n) is 4.97.